The lowest BCUT2D eigenvalue weighted by molar-refractivity contribution is 0.152. The number of halogens is 2. The maximum absolute atomic E-state index is 13.5. The van der Waals surface area contributed by atoms with Gasteiger partial charge in [0.2, 0.25) is 0 Å². The van der Waals surface area contributed by atoms with Crippen molar-refractivity contribution in [3.8, 4) is 22.8 Å². The first-order valence-electron chi connectivity index (χ1n) is 14.9. The number of sulfone groups is 1. The van der Waals surface area contributed by atoms with Gasteiger partial charge in [0, 0.05) is 34.5 Å². The van der Waals surface area contributed by atoms with Gasteiger partial charge < -0.3 is 19.5 Å². The first-order valence-corrected chi connectivity index (χ1v) is 17.8. The van der Waals surface area contributed by atoms with Crippen molar-refractivity contribution in [3.05, 3.63) is 118 Å². The summed E-state index contributed by atoms with van der Waals surface area (Å²) >= 11 is 8.01. The quantitative estimate of drug-likeness (QED) is 0.113. The average Bonchev–Trinajstić information content (AvgIpc) is 3.56. The van der Waals surface area contributed by atoms with Crippen LogP contribution in [0.5, 0.6) is 11.5 Å². The summed E-state index contributed by atoms with van der Waals surface area (Å²) < 4.78 is 55.6. The predicted molar refractivity (Wildman–Crippen MR) is 186 cm³/mol. The lowest BCUT2D eigenvalue weighted by Gasteiger charge is -2.13. The topological polar surface area (TPSA) is 113 Å². The van der Waals surface area contributed by atoms with Crippen LogP contribution < -0.4 is 14.8 Å². The van der Waals surface area contributed by atoms with Gasteiger partial charge in [0.25, 0.3) is 0 Å². The second-order valence-electron chi connectivity index (χ2n) is 10.6. The summed E-state index contributed by atoms with van der Waals surface area (Å²) in [6, 6.07) is 23.6. The molecule has 0 aliphatic heterocycles. The third-order valence-electron chi connectivity index (χ3n) is 7.32. The molecule has 13 heteroatoms. The standard InChI is InChI=1S/C35H30ClFN4O5S2/c1-44-33-19-30-28(18-27(33)31-21-47-34(41-31)12-13-45-14-15-48(42,43)26-8-3-2-4-9-26)35(39-22-38-30)40-25-10-11-32(29(36)17-25)46-20-23-6-5-7-24(37)16-23/h2-11,16-19,21-22H,12-15,20H2,1H3,(H,38,39,40). The Morgan fingerprint density at radius 2 is 1.79 bits per heavy atom. The number of aromatic nitrogens is 3. The van der Waals surface area contributed by atoms with E-state index in [1.165, 1.54) is 29.8 Å². The number of fused-ring (bicyclic) bond motifs is 1. The average molecular weight is 705 g/mol. The van der Waals surface area contributed by atoms with E-state index in [1.54, 1.807) is 61.7 Å². The van der Waals surface area contributed by atoms with E-state index < -0.39 is 9.84 Å². The van der Waals surface area contributed by atoms with Crippen molar-refractivity contribution >= 4 is 55.2 Å². The van der Waals surface area contributed by atoms with Crippen LogP contribution in [0.3, 0.4) is 0 Å². The molecule has 0 atom stereocenters. The summed E-state index contributed by atoms with van der Waals surface area (Å²) in [6.07, 6.45) is 2.00. The first-order chi connectivity index (χ1) is 23.3. The highest BCUT2D eigenvalue weighted by Crippen LogP contribution is 2.37. The molecule has 0 bridgehead atoms. The van der Waals surface area contributed by atoms with Gasteiger partial charge in [0.1, 0.15) is 36.1 Å². The molecule has 4 aromatic carbocycles. The summed E-state index contributed by atoms with van der Waals surface area (Å²) in [6.45, 7) is 0.612. The lowest BCUT2D eigenvalue weighted by Crippen LogP contribution is -2.13. The van der Waals surface area contributed by atoms with Gasteiger partial charge >= 0.3 is 0 Å². The number of hydrogen-bond acceptors (Lipinski definition) is 10. The molecule has 0 spiro atoms. The number of anilines is 2. The number of nitrogens with one attached hydrogen (secondary N) is 1. The van der Waals surface area contributed by atoms with Crippen LogP contribution in [-0.4, -0.2) is 49.4 Å². The van der Waals surface area contributed by atoms with E-state index in [1.807, 2.05) is 23.6 Å². The summed E-state index contributed by atoms with van der Waals surface area (Å²) in [5, 5.41) is 7.23. The third-order valence-corrected chi connectivity index (χ3v) is 10.2. The number of ether oxygens (including phenoxy) is 3. The second-order valence-corrected chi connectivity index (χ2v) is 14.1. The Labute approximate surface area is 286 Å². The van der Waals surface area contributed by atoms with E-state index in [0.29, 0.717) is 52.1 Å². The van der Waals surface area contributed by atoms with Gasteiger partial charge in [-0.05, 0) is 54.1 Å². The van der Waals surface area contributed by atoms with Crippen LogP contribution in [-0.2, 0) is 27.6 Å². The Morgan fingerprint density at radius 1 is 0.938 bits per heavy atom. The number of thiazole rings is 1. The van der Waals surface area contributed by atoms with Gasteiger partial charge in [0.05, 0.1) is 52.2 Å². The van der Waals surface area contributed by atoms with Crippen LogP contribution in [0.4, 0.5) is 15.9 Å². The van der Waals surface area contributed by atoms with E-state index in [-0.39, 0.29) is 29.7 Å². The Hall–Kier alpha value is -4.62. The number of benzene rings is 4. The minimum absolute atomic E-state index is 0.0897. The van der Waals surface area contributed by atoms with Crippen LogP contribution in [0, 0.1) is 5.82 Å². The molecule has 6 rings (SSSR count). The number of methoxy groups -OCH3 is 1. The molecule has 2 heterocycles. The molecular weight excluding hydrogens is 675 g/mol. The molecule has 9 nitrogen and oxygen atoms in total. The van der Waals surface area contributed by atoms with Crippen LogP contribution in [0.25, 0.3) is 22.2 Å². The van der Waals surface area contributed by atoms with Crippen molar-refractivity contribution in [1.29, 1.82) is 0 Å². The fraction of sp³-hybridized carbons (Fsp3) is 0.171. The van der Waals surface area contributed by atoms with Crippen LogP contribution in [0.2, 0.25) is 5.02 Å². The van der Waals surface area contributed by atoms with Crippen molar-refractivity contribution in [2.24, 2.45) is 0 Å². The molecule has 0 saturated heterocycles. The smallest absolute Gasteiger partial charge is 0.180 e. The third kappa shape index (κ3) is 8.08. The molecule has 0 aliphatic rings. The predicted octanol–water partition coefficient (Wildman–Crippen LogP) is 7.91. The maximum atomic E-state index is 13.5. The van der Waals surface area contributed by atoms with Crippen molar-refractivity contribution in [2.75, 3.05) is 31.4 Å². The molecule has 0 saturated carbocycles. The zero-order valence-corrected chi connectivity index (χ0v) is 28.1. The Morgan fingerprint density at radius 3 is 2.58 bits per heavy atom. The molecule has 0 aliphatic carbocycles. The molecule has 1 N–H and O–H groups in total. The van der Waals surface area contributed by atoms with Crippen molar-refractivity contribution in [3.63, 3.8) is 0 Å². The zero-order chi connectivity index (χ0) is 33.5. The van der Waals surface area contributed by atoms with Gasteiger partial charge in [-0.25, -0.2) is 27.8 Å². The Bertz CT molecular complexity index is 2150. The Kier molecular flexibility index (Phi) is 10.5. The van der Waals surface area contributed by atoms with Gasteiger partial charge in [-0.15, -0.1) is 11.3 Å². The molecule has 0 radical (unpaired) electrons. The lowest BCUT2D eigenvalue weighted by atomic mass is 10.1. The molecule has 246 valence electrons. The summed E-state index contributed by atoms with van der Waals surface area (Å²) in [7, 11) is -1.80. The summed E-state index contributed by atoms with van der Waals surface area (Å²) in [5.74, 6) is 1.21. The zero-order valence-electron chi connectivity index (χ0n) is 25.7. The van der Waals surface area contributed by atoms with Crippen molar-refractivity contribution in [1.82, 2.24) is 15.0 Å². The molecular formula is C35H30ClFN4O5S2. The highest BCUT2D eigenvalue weighted by atomic mass is 35.5. The van der Waals surface area contributed by atoms with E-state index in [9.17, 15) is 12.8 Å². The molecule has 0 unspecified atom stereocenters. The van der Waals surface area contributed by atoms with E-state index in [2.05, 4.69) is 15.3 Å². The summed E-state index contributed by atoms with van der Waals surface area (Å²) in [4.78, 5) is 14.0. The first kappa shape index (κ1) is 33.3. The minimum Gasteiger partial charge on any atom is -0.496 e. The fourth-order valence-corrected chi connectivity index (χ4v) is 7.06. The summed E-state index contributed by atoms with van der Waals surface area (Å²) in [5.41, 5.74) is 3.53. The van der Waals surface area contributed by atoms with Crippen LogP contribution in [0.1, 0.15) is 10.6 Å². The molecule has 0 amide bonds. The fourth-order valence-electron chi connectivity index (χ4n) is 4.90. The molecule has 6 aromatic rings. The second kappa shape index (κ2) is 15.1. The van der Waals surface area contributed by atoms with E-state index >= 15 is 0 Å². The highest BCUT2D eigenvalue weighted by Gasteiger charge is 2.17. The minimum atomic E-state index is -3.39. The molecule has 0 fully saturated rings. The van der Waals surface area contributed by atoms with Gasteiger partial charge in [0.15, 0.2) is 9.84 Å². The van der Waals surface area contributed by atoms with Gasteiger partial charge in [-0.2, -0.15) is 0 Å². The van der Waals surface area contributed by atoms with Crippen LogP contribution >= 0.6 is 22.9 Å². The largest absolute Gasteiger partial charge is 0.496 e. The Balaban J connectivity index is 1.13. The highest BCUT2D eigenvalue weighted by molar-refractivity contribution is 7.91. The number of nitrogens with zero attached hydrogens (tertiary/aromatic N) is 3. The molecule has 48 heavy (non-hydrogen) atoms. The molecule has 2 aromatic heterocycles. The van der Waals surface area contributed by atoms with Crippen LogP contribution in [0.15, 0.2) is 102 Å². The van der Waals surface area contributed by atoms with Gasteiger partial charge in [-0.1, -0.05) is 41.9 Å². The number of rotatable bonds is 14. The van der Waals surface area contributed by atoms with Crippen molar-refractivity contribution in [2.45, 2.75) is 17.9 Å². The normalized spacial score (nSPS) is 11.5. The maximum Gasteiger partial charge on any atom is 0.180 e. The SMILES string of the molecule is COc1cc2ncnc(Nc3ccc(OCc4cccc(F)c4)c(Cl)c3)c2cc1-c1csc(CCOCCS(=O)(=O)c2ccccc2)n1. The van der Waals surface area contributed by atoms with E-state index in [0.717, 1.165) is 21.7 Å². The monoisotopic (exact) mass is 704 g/mol. The van der Waals surface area contributed by atoms with Crippen molar-refractivity contribution < 1.29 is 27.0 Å². The van der Waals surface area contributed by atoms with Gasteiger partial charge in [-0.3, -0.25) is 0 Å². The number of hydrogen-bond donors (Lipinski definition) is 1. The van der Waals surface area contributed by atoms with E-state index in [4.69, 9.17) is 30.8 Å².